The van der Waals surface area contributed by atoms with Crippen LogP contribution in [0.4, 0.5) is 0 Å². The summed E-state index contributed by atoms with van der Waals surface area (Å²) >= 11 is 0. The number of ether oxygens (including phenoxy) is 1. The fraction of sp³-hybridized carbons (Fsp3) is 0.467. The average Bonchev–Trinajstić information content (AvgIpc) is 2.55. The molecule has 0 saturated heterocycles. The standard InChI is InChI=1S/C15H20O/c1-4-10-15(11-5-2)14-9-7-6-8-13(14)12(3)16-15/h6-9H,3-5,10-11H2,1-2H3. The number of benzene rings is 1. The van der Waals surface area contributed by atoms with Crippen LogP contribution in [-0.2, 0) is 10.3 Å². The van der Waals surface area contributed by atoms with Crippen LogP contribution < -0.4 is 0 Å². The van der Waals surface area contributed by atoms with Crippen LogP contribution >= 0.6 is 0 Å². The molecular weight excluding hydrogens is 196 g/mol. The quantitative estimate of drug-likeness (QED) is 0.721. The summed E-state index contributed by atoms with van der Waals surface area (Å²) < 4.78 is 6.11. The minimum Gasteiger partial charge on any atom is -0.483 e. The molecule has 16 heavy (non-hydrogen) atoms. The minimum atomic E-state index is -0.100. The van der Waals surface area contributed by atoms with Gasteiger partial charge in [-0.05, 0) is 12.8 Å². The Bertz CT molecular complexity index is 386. The molecular formula is C15H20O. The van der Waals surface area contributed by atoms with E-state index in [1.54, 1.807) is 0 Å². The molecule has 0 atom stereocenters. The fourth-order valence-electron chi connectivity index (χ4n) is 2.77. The van der Waals surface area contributed by atoms with Gasteiger partial charge in [-0.1, -0.05) is 57.5 Å². The molecule has 0 radical (unpaired) electrons. The zero-order valence-electron chi connectivity index (χ0n) is 10.3. The molecule has 0 amide bonds. The van der Waals surface area contributed by atoms with Gasteiger partial charge in [0.15, 0.2) is 0 Å². The Morgan fingerprint density at radius 3 is 2.38 bits per heavy atom. The SMILES string of the molecule is C=C1OC(CCC)(CCC)c2ccccc21. The molecule has 0 spiro atoms. The van der Waals surface area contributed by atoms with Crippen molar-refractivity contribution in [1.29, 1.82) is 0 Å². The topological polar surface area (TPSA) is 9.23 Å². The molecule has 0 fully saturated rings. The first kappa shape index (κ1) is 11.3. The van der Waals surface area contributed by atoms with E-state index in [2.05, 4.69) is 44.7 Å². The summed E-state index contributed by atoms with van der Waals surface area (Å²) in [7, 11) is 0. The van der Waals surface area contributed by atoms with Gasteiger partial charge in [0, 0.05) is 11.1 Å². The summed E-state index contributed by atoms with van der Waals surface area (Å²) in [6.07, 6.45) is 4.44. The molecule has 1 heterocycles. The largest absolute Gasteiger partial charge is 0.483 e. The molecule has 0 saturated carbocycles. The van der Waals surface area contributed by atoms with Gasteiger partial charge in [0.2, 0.25) is 0 Å². The van der Waals surface area contributed by atoms with Crippen molar-refractivity contribution in [3.8, 4) is 0 Å². The van der Waals surface area contributed by atoms with E-state index in [0.29, 0.717) is 0 Å². The van der Waals surface area contributed by atoms with Crippen molar-refractivity contribution < 1.29 is 4.74 Å². The van der Waals surface area contributed by atoms with E-state index < -0.39 is 0 Å². The summed E-state index contributed by atoms with van der Waals surface area (Å²) in [5, 5.41) is 0. The lowest BCUT2D eigenvalue weighted by Crippen LogP contribution is -2.24. The van der Waals surface area contributed by atoms with Crippen LogP contribution in [0.2, 0.25) is 0 Å². The Morgan fingerprint density at radius 1 is 1.12 bits per heavy atom. The van der Waals surface area contributed by atoms with Crippen molar-refractivity contribution in [1.82, 2.24) is 0 Å². The molecule has 86 valence electrons. The molecule has 1 nitrogen and oxygen atoms in total. The zero-order valence-corrected chi connectivity index (χ0v) is 10.3. The summed E-state index contributed by atoms with van der Waals surface area (Å²) in [6, 6.07) is 8.46. The normalized spacial score (nSPS) is 17.0. The fourth-order valence-corrected chi connectivity index (χ4v) is 2.77. The van der Waals surface area contributed by atoms with Crippen molar-refractivity contribution in [3.05, 3.63) is 42.0 Å². The Morgan fingerprint density at radius 2 is 1.75 bits per heavy atom. The highest BCUT2D eigenvalue weighted by atomic mass is 16.5. The molecule has 1 aromatic rings. The first-order chi connectivity index (χ1) is 7.73. The minimum absolute atomic E-state index is 0.100. The first-order valence-corrected chi connectivity index (χ1v) is 6.21. The van der Waals surface area contributed by atoms with E-state index in [-0.39, 0.29) is 5.60 Å². The number of hydrogen-bond acceptors (Lipinski definition) is 1. The molecule has 0 aromatic heterocycles. The van der Waals surface area contributed by atoms with E-state index in [9.17, 15) is 0 Å². The Kier molecular flexibility index (Phi) is 3.04. The molecule has 0 aliphatic carbocycles. The second kappa shape index (κ2) is 4.32. The van der Waals surface area contributed by atoms with Crippen LogP contribution in [0.25, 0.3) is 5.76 Å². The molecule has 0 N–H and O–H groups in total. The molecule has 1 heteroatoms. The van der Waals surface area contributed by atoms with Gasteiger partial charge in [-0.3, -0.25) is 0 Å². The highest BCUT2D eigenvalue weighted by Crippen LogP contribution is 2.47. The van der Waals surface area contributed by atoms with Gasteiger partial charge >= 0.3 is 0 Å². The van der Waals surface area contributed by atoms with Gasteiger partial charge in [0.25, 0.3) is 0 Å². The lowest BCUT2D eigenvalue weighted by atomic mass is 9.84. The molecule has 1 aliphatic rings. The maximum atomic E-state index is 6.11. The van der Waals surface area contributed by atoms with Crippen LogP contribution in [0.1, 0.15) is 50.7 Å². The summed E-state index contributed by atoms with van der Waals surface area (Å²) in [5.74, 6) is 0.845. The van der Waals surface area contributed by atoms with E-state index >= 15 is 0 Å². The summed E-state index contributed by atoms with van der Waals surface area (Å²) in [4.78, 5) is 0. The smallest absolute Gasteiger partial charge is 0.135 e. The van der Waals surface area contributed by atoms with Crippen molar-refractivity contribution in [2.24, 2.45) is 0 Å². The van der Waals surface area contributed by atoms with E-state index in [0.717, 1.165) is 31.4 Å². The second-order valence-corrected chi connectivity index (χ2v) is 4.57. The van der Waals surface area contributed by atoms with Gasteiger partial charge in [0.1, 0.15) is 11.4 Å². The third-order valence-electron chi connectivity index (χ3n) is 3.34. The van der Waals surface area contributed by atoms with Crippen LogP contribution in [0.3, 0.4) is 0 Å². The Hall–Kier alpha value is -1.24. The third kappa shape index (κ3) is 1.64. The maximum Gasteiger partial charge on any atom is 0.135 e. The lowest BCUT2D eigenvalue weighted by molar-refractivity contribution is 0.0323. The number of hydrogen-bond donors (Lipinski definition) is 0. The predicted molar refractivity (Wildman–Crippen MR) is 68.1 cm³/mol. The monoisotopic (exact) mass is 216 g/mol. The average molecular weight is 216 g/mol. The van der Waals surface area contributed by atoms with Crippen molar-refractivity contribution in [3.63, 3.8) is 0 Å². The first-order valence-electron chi connectivity index (χ1n) is 6.21. The van der Waals surface area contributed by atoms with Crippen molar-refractivity contribution in [2.75, 3.05) is 0 Å². The van der Waals surface area contributed by atoms with E-state index in [1.165, 1.54) is 11.1 Å². The van der Waals surface area contributed by atoms with Crippen LogP contribution in [0.15, 0.2) is 30.8 Å². The third-order valence-corrected chi connectivity index (χ3v) is 3.34. The van der Waals surface area contributed by atoms with Gasteiger partial charge in [0.05, 0.1) is 0 Å². The van der Waals surface area contributed by atoms with Gasteiger partial charge < -0.3 is 4.74 Å². The lowest BCUT2D eigenvalue weighted by Gasteiger charge is -2.29. The highest BCUT2D eigenvalue weighted by Gasteiger charge is 2.40. The van der Waals surface area contributed by atoms with Gasteiger partial charge in [-0.15, -0.1) is 0 Å². The zero-order chi connectivity index (χ0) is 11.6. The molecule has 1 aromatic carbocycles. The summed E-state index contributed by atoms with van der Waals surface area (Å²) in [5.41, 5.74) is 2.44. The van der Waals surface area contributed by atoms with Crippen molar-refractivity contribution >= 4 is 5.76 Å². The van der Waals surface area contributed by atoms with Gasteiger partial charge in [-0.25, -0.2) is 0 Å². The maximum absolute atomic E-state index is 6.11. The second-order valence-electron chi connectivity index (χ2n) is 4.57. The van der Waals surface area contributed by atoms with E-state index in [4.69, 9.17) is 4.74 Å². The Labute approximate surface area is 98.1 Å². The molecule has 2 rings (SSSR count). The molecule has 0 unspecified atom stereocenters. The number of fused-ring (bicyclic) bond motifs is 1. The van der Waals surface area contributed by atoms with Gasteiger partial charge in [-0.2, -0.15) is 0 Å². The highest BCUT2D eigenvalue weighted by molar-refractivity contribution is 5.67. The number of rotatable bonds is 4. The molecule has 0 bridgehead atoms. The predicted octanol–water partition coefficient (Wildman–Crippen LogP) is 4.48. The van der Waals surface area contributed by atoms with Crippen LogP contribution in [0, 0.1) is 0 Å². The summed E-state index contributed by atoms with van der Waals surface area (Å²) in [6.45, 7) is 8.46. The van der Waals surface area contributed by atoms with E-state index in [1.807, 2.05) is 0 Å². The van der Waals surface area contributed by atoms with Crippen LogP contribution in [0.5, 0.6) is 0 Å². The van der Waals surface area contributed by atoms with Crippen LogP contribution in [-0.4, -0.2) is 0 Å². The van der Waals surface area contributed by atoms with Crippen molar-refractivity contribution in [2.45, 2.75) is 45.1 Å². The Balaban J connectivity index is 2.45. The molecule has 1 aliphatic heterocycles.